The van der Waals surface area contributed by atoms with Crippen LogP contribution in [0, 0.1) is 11.3 Å². The van der Waals surface area contributed by atoms with Crippen LogP contribution in [0.3, 0.4) is 0 Å². The average Bonchev–Trinajstić information content (AvgIpc) is 3.17. The van der Waals surface area contributed by atoms with Crippen LogP contribution in [0.5, 0.6) is 0 Å². The minimum absolute atomic E-state index is 0.0240. The van der Waals surface area contributed by atoms with Gasteiger partial charge in [0.1, 0.15) is 8.80 Å². The lowest BCUT2D eigenvalue weighted by molar-refractivity contribution is -0.0347. The lowest BCUT2D eigenvalue weighted by Gasteiger charge is -2.43. The second-order valence-corrected chi connectivity index (χ2v) is 16.1. The largest absolute Gasteiger partial charge is 0.378 e. The van der Waals surface area contributed by atoms with E-state index in [1.165, 1.54) is 15.9 Å². The van der Waals surface area contributed by atoms with E-state index in [4.69, 9.17) is 7.48 Å². The number of hydrogen-bond donors (Lipinski definition) is 0. The van der Waals surface area contributed by atoms with E-state index < -0.39 is 8.80 Å². The minimum Gasteiger partial charge on any atom is -0.378 e. The lowest BCUT2D eigenvalue weighted by atomic mass is 9.65. The molecule has 35 heavy (non-hydrogen) atoms. The molecule has 1 saturated carbocycles. The van der Waals surface area contributed by atoms with E-state index in [1.807, 2.05) is 0 Å². The molecule has 0 aromatic heterocycles. The molecular formula is C32H37BrOSi. The molecule has 3 aromatic carbocycles. The molecule has 0 bridgehead atoms. The quantitative estimate of drug-likeness (QED) is 0.301. The van der Waals surface area contributed by atoms with Gasteiger partial charge in [-0.3, -0.25) is 0 Å². The first-order valence-corrected chi connectivity index (χ1v) is 15.4. The normalized spacial score (nSPS) is 24.9. The molecule has 3 aromatic rings. The summed E-state index contributed by atoms with van der Waals surface area (Å²) in [6.07, 6.45) is 4.07. The predicted molar refractivity (Wildman–Crippen MR) is 155 cm³/mol. The standard InChI is InChI=1S/C32H37BrOSi/c1-23-20-32(21-25-15-16-26(33)19-29(25)24(32)2)18-17-30(23)34-22-31(3,4)35(27-11-7-5-8-12-27)28-13-9-6-10-14-28/h5-16,19,23,30,35H,2,17-18,20-22H2,1,3-4H3/t23-,30-,32-/m1/s1/i2D2. The first-order chi connectivity index (χ1) is 17.7. The van der Waals surface area contributed by atoms with E-state index in [0.29, 0.717) is 5.92 Å². The summed E-state index contributed by atoms with van der Waals surface area (Å²) in [7, 11) is -1.54. The van der Waals surface area contributed by atoms with Crippen molar-refractivity contribution < 1.29 is 7.48 Å². The number of ether oxygens (including phenoxy) is 1. The molecule has 0 aliphatic heterocycles. The fourth-order valence-corrected chi connectivity index (χ4v) is 10.7. The fourth-order valence-electron chi connectivity index (χ4n) is 6.65. The fraction of sp³-hybridized carbons (Fsp3) is 0.375. The van der Waals surface area contributed by atoms with Crippen molar-refractivity contribution in [1.29, 1.82) is 0 Å². The zero-order chi connectivity index (χ0) is 26.2. The molecule has 3 atom stereocenters. The SMILES string of the molecule is [2H]C([2H])=C1c2cc(Br)ccc2C[C@]12CC[C@@H](OCC(C)(C)[SiH](c1ccccc1)c1ccccc1)[C@H](C)C2. The lowest BCUT2D eigenvalue weighted by Crippen LogP contribution is -2.52. The number of halogens is 1. The first-order valence-electron chi connectivity index (χ1n) is 13.9. The highest BCUT2D eigenvalue weighted by molar-refractivity contribution is 9.10. The van der Waals surface area contributed by atoms with Gasteiger partial charge < -0.3 is 4.74 Å². The van der Waals surface area contributed by atoms with Crippen LogP contribution in [0.2, 0.25) is 5.04 Å². The van der Waals surface area contributed by atoms with Crippen molar-refractivity contribution in [2.75, 3.05) is 6.61 Å². The maximum Gasteiger partial charge on any atom is 0.110 e. The molecule has 1 fully saturated rings. The van der Waals surface area contributed by atoms with Crippen LogP contribution in [-0.2, 0) is 11.2 Å². The van der Waals surface area contributed by atoms with Gasteiger partial charge in [0.25, 0.3) is 0 Å². The molecule has 1 spiro atoms. The van der Waals surface area contributed by atoms with Crippen LogP contribution in [0.4, 0.5) is 0 Å². The second-order valence-electron chi connectivity index (χ2n) is 11.4. The van der Waals surface area contributed by atoms with Gasteiger partial charge in [-0.25, -0.2) is 0 Å². The van der Waals surface area contributed by atoms with Crippen molar-refractivity contribution in [1.82, 2.24) is 0 Å². The van der Waals surface area contributed by atoms with E-state index in [9.17, 15) is 0 Å². The number of allylic oxidation sites excluding steroid dienone is 1. The molecule has 2 aliphatic carbocycles. The highest BCUT2D eigenvalue weighted by atomic mass is 79.9. The summed E-state index contributed by atoms with van der Waals surface area (Å²) in [6, 6.07) is 28.4. The zero-order valence-electron chi connectivity index (χ0n) is 23.1. The maximum absolute atomic E-state index is 8.33. The topological polar surface area (TPSA) is 9.23 Å². The highest BCUT2D eigenvalue weighted by Crippen LogP contribution is 2.56. The summed E-state index contributed by atoms with van der Waals surface area (Å²) in [6.45, 7) is 7.80. The molecule has 0 amide bonds. The summed E-state index contributed by atoms with van der Waals surface area (Å²) in [4.78, 5) is 0. The molecule has 0 saturated heterocycles. The van der Waals surface area contributed by atoms with Gasteiger partial charge in [-0.05, 0) is 70.9 Å². The Kier molecular flexibility index (Phi) is 6.26. The van der Waals surface area contributed by atoms with E-state index >= 15 is 0 Å². The molecule has 2 aliphatic rings. The van der Waals surface area contributed by atoms with Crippen LogP contribution >= 0.6 is 15.9 Å². The van der Waals surface area contributed by atoms with Gasteiger partial charge in [-0.1, -0.05) is 120 Å². The first kappa shape index (κ1) is 22.3. The third kappa shape index (κ3) is 4.88. The van der Waals surface area contributed by atoms with Gasteiger partial charge in [0, 0.05) is 4.47 Å². The van der Waals surface area contributed by atoms with Crippen molar-refractivity contribution in [3.8, 4) is 0 Å². The Morgan fingerprint density at radius 1 is 1.06 bits per heavy atom. The van der Waals surface area contributed by atoms with Crippen molar-refractivity contribution in [2.45, 2.75) is 57.6 Å². The molecule has 0 unspecified atom stereocenters. The molecule has 1 nitrogen and oxygen atoms in total. The molecule has 0 heterocycles. The maximum atomic E-state index is 8.33. The molecule has 3 heteroatoms. The number of hydrogen-bond acceptors (Lipinski definition) is 1. The number of rotatable bonds is 6. The summed E-state index contributed by atoms with van der Waals surface area (Å²) in [5, 5.41) is 2.97. The Morgan fingerprint density at radius 3 is 2.31 bits per heavy atom. The van der Waals surface area contributed by atoms with Crippen molar-refractivity contribution in [3.05, 3.63) is 101 Å². The molecular weight excluding hydrogens is 508 g/mol. The van der Waals surface area contributed by atoms with Gasteiger partial charge in [0.15, 0.2) is 0 Å². The van der Waals surface area contributed by atoms with Crippen LogP contribution in [0.15, 0.2) is 89.9 Å². The Balaban J connectivity index is 1.33. The Bertz CT molecular complexity index is 1230. The minimum atomic E-state index is -1.54. The Morgan fingerprint density at radius 2 is 1.71 bits per heavy atom. The van der Waals surface area contributed by atoms with Gasteiger partial charge in [-0.2, -0.15) is 0 Å². The Hall–Kier alpha value is -1.94. The Labute approximate surface area is 224 Å². The molecule has 5 rings (SSSR count). The summed E-state index contributed by atoms with van der Waals surface area (Å²) >= 11 is 3.60. The number of benzene rings is 3. The second kappa shape index (κ2) is 9.84. The van der Waals surface area contributed by atoms with Gasteiger partial charge in [0.05, 0.1) is 15.5 Å². The van der Waals surface area contributed by atoms with Crippen molar-refractivity contribution in [2.24, 2.45) is 11.3 Å². The van der Waals surface area contributed by atoms with E-state index in [1.54, 1.807) is 0 Å². The number of fused-ring (bicyclic) bond motifs is 1. The monoisotopic (exact) mass is 546 g/mol. The van der Waals surface area contributed by atoms with E-state index in [0.717, 1.165) is 47.9 Å². The average molecular weight is 548 g/mol. The smallest absolute Gasteiger partial charge is 0.110 e. The summed E-state index contributed by atoms with van der Waals surface area (Å²) in [5.41, 5.74) is 3.21. The van der Waals surface area contributed by atoms with Crippen LogP contribution in [0.25, 0.3) is 5.57 Å². The van der Waals surface area contributed by atoms with Crippen molar-refractivity contribution >= 4 is 40.7 Å². The molecule has 0 radical (unpaired) electrons. The van der Waals surface area contributed by atoms with E-state index in [-0.39, 0.29) is 23.1 Å². The predicted octanol–water partition coefficient (Wildman–Crippen LogP) is 7.03. The van der Waals surface area contributed by atoms with Crippen LogP contribution in [-0.4, -0.2) is 21.5 Å². The zero-order valence-corrected chi connectivity index (χ0v) is 23.8. The van der Waals surface area contributed by atoms with Gasteiger partial charge >= 0.3 is 0 Å². The third-order valence-corrected chi connectivity index (χ3v) is 12.7. The van der Waals surface area contributed by atoms with E-state index in [2.05, 4.69) is 116 Å². The molecule has 182 valence electrons. The van der Waals surface area contributed by atoms with Crippen LogP contribution in [0.1, 0.15) is 53.9 Å². The van der Waals surface area contributed by atoms with Gasteiger partial charge in [-0.15, -0.1) is 0 Å². The summed E-state index contributed by atoms with van der Waals surface area (Å²) in [5.74, 6) is 0.380. The van der Waals surface area contributed by atoms with Crippen molar-refractivity contribution in [3.63, 3.8) is 0 Å². The van der Waals surface area contributed by atoms with Crippen LogP contribution < -0.4 is 10.4 Å². The molecule has 0 N–H and O–H groups in total. The third-order valence-electron chi connectivity index (χ3n) is 8.37. The summed E-state index contributed by atoms with van der Waals surface area (Å²) < 4.78 is 24.5. The van der Waals surface area contributed by atoms with Gasteiger partial charge in [0.2, 0.25) is 0 Å². The highest BCUT2D eigenvalue weighted by Gasteiger charge is 2.46.